The third kappa shape index (κ3) is 4.31. The van der Waals surface area contributed by atoms with E-state index >= 15 is 4.39 Å². The summed E-state index contributed by atoms with van der Waals surface area (Å²) in [5, 5.41) is 20.5. The molecule has 3 aromatic heterocycles. The zero-order valence-electron chi connectivity index (χ0n) is 26.2. The average molecular weight is 647 g/mol. The van der Waals surface area contributed by atoms with Gasteiger partial charge < -0.3 is 20.1 Å². The molecule has 2 N–H and O–H groups in total. The van der Waals surface area contributed by atoms with Crippen LogP contribution in [-0.2, 0) is 19.1 Å². The van der Waals surface area contributed by atoms with E-state index in [0.29, 0.717) is 89.7 Å². The van der Waals surface area contributed by atoms with Crippen LogP contribution in [0.25, 0.3) is 32.9 Å². The first-order chi connectivity index (χ1) is 23.3. The van der Waals surface area contributed by atoms with E-state index in [4.69, 9.17) is 16.1 Å². The van der Waals surface area contributed by atoms with Crippen molar-refractivity contribution in [1.29, 1.82) is 0 Å². The lowest BCUT2D eigenvalue weighted by atomic mass is 9.90. The number of phenolic OH excluding ortho intramolecular Hbond substituents is 1. The van der Waals surface area contributed by atoms with Crippen molar-refractivity contribution in [1.82, 2.24) is 34.9 Å². The van der Waals surface area contributed by atoms with Gasteiger partial charge in [-0.1, -0.05) is 18.1 Å². The fourth-order valence-electron chi connectivity index (χ4n) is 8.31. The summed E-state index contributed by atoms with van der Waals surface area (Å²) in [7, 11) is 1.90. The molecule has 0 radical (unpaired) electrons. The topological polar surface area (TPSA) is 104 Å². The molecule has 7 heterocycles. The number of hydrogen-bond donors (Lipinski definition) is 2. The Morgan fingerprint density at radius 2 is 2.00 bits per heavy atom. The maximum Gasteiger partial charge on any atom is 0.319 e. The zero-order chi connectivity index (χ0) is 32.7. The molecule has 5 aromatic rings. The standard InChI is InChI=1S/C36H32F2N8O2/c1-3-21-5-4-6-22-9-25(47)10-26(30(21)22)32-31(38)33-27(13-39-32)34(45-16-23-7-8-24(17-45)41-23)43-35(42-33)48-19-36-11-20(12-37)15-46(36)18-29-28(36)14-40-44(29)2/h1,4-6,9-10,12-14,23-24,41,47H,7-8,11,15-19H2,2H3/t23-,24+,36?. The molecule has 2 bridgehead atoms. The Bertz CT molecular complexity index is 2220. The molecule has 4 aliphatic heterocycles. The number of benzene rings is 2. The Kier molecular flexibility index (Phi) is 6.48. The first-order valence-corrected chi connectivity index (χ1v) is 16.1. The summed E-state index contributed by atoms with van der Waals surface area (Å²) in [6, 6.07) is 9.08. The van der Waals surface area contributed by atoms with Gasteiger partial charge in [0, 0.05) is 73.6 Å². The number of nitrogens with one attached hydrogen (secondary N) is 1. The predicted octanol–water partition coefficient (Wildman–Crippen LogP) is 4.69. The molecule has 48 heavy (non-hydrogen) atoms. The lowest BCUT2D eigenvalue weighted by Gasteiger charge is -2.34. The Morgan fingerprint density at radius 1 is 1.17 bits per heavy atom. The summed E-state index contributed by atoms with van der Waals surface area (Å²) >= 11 is 0. The van der Waals surface area contributed by atoms with Crippen LogP contribution in [0.5, 0.6) is 11.8 Å². The van der Waals surface area contributed by atoms with Crippen LogP contribution >= 0.6 is 0 Å². The third-order valence-corrected chi connectivity index (χ3v) is 10.5. The molecule has 0 amide bonds. The number of halogens is 2. The highest BCUT2D eigenvalue weighted by molar-refractivity contribution is 6.02. The van der Waals surface area contributed by atoms with Crippen molar-refractivity contribution in [3.8, 4) is 35.4 Å². The van der Waals surface area contributed by atoms with Crippen LogP contribution in [0.15, 0.2) is 54.6 Å². The molecule has 1 unspecified atom stereocenters. The van der Waals surface area contributed by atoms with Crippen molar-refractivity contribution < 1.29 is 18.6 Å². The maximum absolute atomic E-state index is 17.0. The van der Waals surface area contributed by atoms with E-state index in [1.807, 2.05) is 24.0 Å². The number of pyridine rings is 1. The largest absolute Gasteiger partial charge is 0.508 e. The van der Waals surface area contributed by atoms with Gasteiger partial charge in [-0.3, -0.25) is 14.6 Å². The number of rotatable bonds is 5. The van der Waals surface area contributed by atoms with Crippen LogP contribution in [0.3, 0.4) is 0 Å². The van der Waals surface area contributed by atoms with Crippen LogP contribution in [0.4, 0.5) is 14.6 Å². The normalized spacial score (nSPS) is 24.0. The quantitative estimate of drug-likeness (QED) is 0.263. The average Bonchev–Trinajstić information content (AvgIpc) is 3.82. The Morgan fingerprint density at radius 3 is 2.79 bits per heavy atom. The zero-order valence-corrected chi connectivity index (χ0v) is 26.2. The van der Waals surface area contributed by atoms with Gasteiger partial charge in [0.15, 0.2) is 5.82 Å². The first kappa shape index (κ1) is 29.1. The van der Waals surface area contributed by atoms with Crippen LogP contribution in [0.1, 0.15) is 36.1 Å². The lowest BCUT2D eigenvalue weighted by Crippen LogP contribution is -2.51. The highest BCUT2D eigenvalue weighted by Gasteiger charge is 2.52. The van der Waals surface area contributed by atoms with Crippen LogP contribution in [0, 0.1) is 18.2 Å². The minimum Gasteiger partial charge on any atom is -0.508 e. The minimum absolute atomic E-state index is 0.0103. The van der Waals surface area contributed by atoms with Gasteiger partial charge in [-0.25, -0.2) is 8.78 Å². The summed E-state index contributed by atoms with van der Waals surface area (Å²) in [6.07, 6.45) is 12.5. The van der Waals surface area contributed by atoms with Crippen molar-refractivity contribution in [2.45, 2.75) is 43.4 Å². The summed E-state index contributed by atoms with van der Waals surface area (Å²) in [5.41, 5.74) is 3.05. The molecule has 4 aliphatic rings. The molecular weight excluding hydrogens is 614 g/mol. The second-order valence-electron chi connectivity index (χ2n) is 13.3. The van der Waals surface area contributed by atoms with E-state index in [0.717, 1.165) is 24.1 Å². The van der Waals surface area contributed by atoms with E-state index in [2.05, 4.69) is 36.1 Å². The number of phenols is 1. The summed E-state index contributed by atoms with van der Waals surface area (Å²) in [6.45, 7) is 2.62. The van der Waals surface area contributed by atoms with Gasteiger partial charge in [-0.05, 0) is 48.4 Å². The summed E-state index contributed by atoms with van der Waals surface area (Å²) in [4.78, 5) is 18.5. The molecular formula is C36H32F2N8O2. The third-order valence-electron chi connectivity index (χ3n) is 10.5. The molecule has 10 nitrogen and oxygen atoms in total. The molecule has 12 heteroatoms. The van der Waals surface area contributed by atoms with E-state index in [1.54, 1.807) is 24.4 Å². The highest BCUT2D eigenvalue weighted by Crippen LogP contribution is 2.49. The monoisotopic (exact) mass is 646 g/mol. The minimum atomic E-state index is -0.670. The van der Waals surface area contributed by atoms with E-state index in [-0.39, 0.29) is 29.6 Å². The summed E-state index contributed by atoms with van der Waals surface area (Å²) in [5.74, 6) is 2.53. The molecule has 9 rings (SSSR count). The molecule has 3 atom stereocenters. The van der Waals surface area contributed by atoms with Gasteiger partial charge in [0.05, 0.1) is 29.1 Å². The maximum atomic E-state index is 17.0. The number of nitrogens with zero attached hydrogens (tertiary/aromatic N) is 7. The van der Waals surface area contributed by atoms with E-state index in [9.17, 15) is 9.50 Å². The Hall–Kier alpha value is -5.12. The van der Waals surface area contributed by atoms with Crippen molar-refractivity contribution in [3.05, 3.63) is 77.3 Å². The number of terminal acetylenes is 1. The fourth-order valence-corrected chi connectivity index (χ4v) is 8.31. The number of aryl methyl sites for hydroxylation is 1. The van der Waals surface area contributed by atoms with E-state index < -0.39 is 11.4 Å². The highest BCUT2D eigenvalue weighted by atomic mass is 19.1. The predicted molar refractivity (Wildman–Crippen MR) is 177 cm³/mol. The van der Waals surface area contributed by atoms with Gasteiger partial charge in [0.25, 0.3) is 0 Å². The van der Waals surface area contributed by atoms with Gasteiger partial charge in [-0.15, -0.1) is 6.42 Å². The molecule has 3 saturated heterocycles. The number of anilines is 1. The Balaban J connectivity index is 1.19. The second kappa shape index (κ2) is 10.7. The van der Waals surface area contributed by atoms with Crippen LogP contribution in [-0.4, -0.2) is 73.1 Å². The van der Waals surface area contributed by atoms with Gasteiger partial charge in [0.1, 0.15) is 29.4 Å². The molecule has 3 fully saturated rings. The number of hydrogen-bond acceptors (Lipinski definition) is 9. The van der Waals surface area contributed by atoms with Gasteiger partial charge in [0.2, 0.25) is 0 Å². The van der Waals surface area contributed by atoms with Gasteiger partial charge in [-0.2, -0.15) is 15.1 Å². The molecule has 242 valence electrons. The van der Waals surface area contributed by atoms with Crippen molar-refractivity contribution in [2.75, 3.05) is 31.1 Å². The van der Waals surface area contributed by atoms with Crippen LogP contribution in [0.2, 0.25) is 0 Å². The number of fused-ring (bicyclic) bond motifs is 7. The number of aromatic hydroxyl groups is 1. The molecule has 2 aromatic carbocycles. The smallest absolute Gasteiger partial charge is 0.319 e. The van der Waals surface area contributed by atoms with Crippen LogP contribution < -0.4 is 15.0 Å². The Labute approximate surface area is 275 Å². The summed E-state index contributed by atoms with van der Waals surface area (Å²) < 4.78 is 39.1. The molecule has 0 spiro atoms. The van der Waals surface area contributed by atoms with Crippen molar-refractivity contribution in [3.63, 3.8) is 0 Å². The van der Waals surface area contributed by atoms with Crippen molar-refractivity contribution >= 4 is 27.5 Å². The second-order valence-corrected chi connectivity index (χ2v) is 13.3. The SMILES string of the molecule is C#Cc1cccc2cc(O)cc(-c3ncc4c(N5C[C@H]6CC[C@@H](C5)N6)nc(OCC56CC(=CF)CN5Cc5c6cnn5C)nc4c3F)c12. The number of ether oxygens (including phenoxy) is 1. The molecule has 0 aliphatic carbocycles. The lowest BCUT2D eigenvalue weighted by molar-refractivity contribution is 0.0814. The molecule has 0 saturated carbocycles. The number of piperazine rings is 1. The van der Waals surface area contributed by atoms with Gasteiger partial charge >= 0.3 is 6.01 Å². The fraction of sp³-hybridized carbons (Fsp3) is 0.333. The van der Waals surface area contributed by atoms with Crippen molar-refractivity contribution in [2.24, 2.45) is 7.05 Å². The van der Waals surface area contributed by atoms with E-state index in [1.165, 1.54) is 6.07 Å². The first-order valence-electron chi connectivity index (χ1n) is 16.1. The number of aromatic nitrogens is 5.